The molecule has 2 N–H and O–H groups in total. The van der Waals surface area contributed by atoms with E-state index >= 15 is 0 Å². The SMILES string of the molecule is Cc1cc(Nc2ncc3cccc(-c4cnc5[nH]ccc5c4)c3n2)ccc1N1CCN(C)CC1. The fourth-order valence-corrected chi connectivity index (χ4v) is 4.70. The lowest BCUT2D eigenvalue weighted by atomic mass is 10.0. The van der Waals surface area contributed by atoms with Crippen molar-refractivity contribution in [3.05, 3.63) is 72.7 Å². The molecule has 170 valence electrons. The number of nitrogens with one attached hydrogen (secondary N) is 2. The number of fused-ring (bicyclic) bond motifs is 2. The van der Waals surface area contributed by atoms with Crippen LogP contribution in [0.5, 0.6) is 0 Å². The van der Waals surface area contributed by atoms with E-state index in [0.29, 0.717) is 5.95 Å². The molecule has 4 heterocycles. The molecule has 0 unspecified atom stereocenters. The monoisotopic (exact) mass is 449 g/mol. The van der Waals surface area contributed by atoms with E-state index in [1.54, 1.807) is 0 Å². The number of aryl methyl sites for hydroxylation is 1. The summed E-state index contributed by atoms with van der Waals surface area (Å²) in [5, 5.41) is 5.49. The number of likely N-dealkylation sites (N-methyl/N-ethyl adjacent to an activating group) is 1. The fraction of sp³-hybridized carbons (Fsp3) is 0.222. The van der Waals surface area contributed by atoms with Crippen molar-refractivity contribution in [2.75, 3.05) is 43.4 Å². The quantitative estimate of drug-likeness (QED) is 0.403. The molecule has 1 saturated heterocycles. The Morgan fingerprint density at radius 1 is 0.912 bits per heavy atom. The first kappa shape index (κ1) is 20.6. The van der Waals surface area contributed by atoms with Gasteiger partial charge in [-0.15, -0.1) is 0 Å². The highest BCUT2D eigenvalue weighted by atomic mass is 15.2. The number of nitrogens with zero attached hydrogens (tertiary/aromatic N) is 5. The summed E-state index contributed by atoms with van der Waals surface area (Å²) in [6, 6.07) is 16.8. The molecule has 0 spiro atoms. The summed E-state index contributed by atoms with van der Waals surface area (Å²) in [7, 11) is 2.18. The first-order valence-corrected chi connectivity index (χ1v) is 11.6. The second kappa shape index (κ2) is 8.43. The topological polar surface area (TPSA) is 73.0 Å². The van der Waals surface area contributed by atoms with Gasteiger partial charge in [0.1, 0.15) is 5.65 Å². The van der Waals surface area contributed by atoms with Crippen LogP contribution in [0.4, 0.5) is 17.3 Å². The van der Waals surface area contributed by atoms with E-state index in [4.69, 9.17) is 4.98 Å². The molecule has 7 heteroatoms. The van der Waals surface area contributed by atoms with Gasteiger partial charge in [-0.25, -0.2) is 15.0 Å². The Morgan fingerprint density at radius 3 is 2.65 bits per heavy atom. The molecule has 1 aliphatic heterocycles. The maximum Gasteiger partial charge on any atom is 0.227 e. The van der Waals surface area contributed by atoms with Gasteiger partial charge in [-0.05, 0) is 49.9 Å². The van der Waals surface area contributed by atoms with Crippen molar-refractivity contribution in [1.29, 1.82) is 0 Å². The molecule has 0 aliphatic carbocycles. The maximum atomic E-state index is 4.89. The molecule has 3 aromatic heterocycles. The smallest absolute Gasteiger partial charge is 0.227 e. The number of hydrogen-bond acceptors (Lipinski definition) is 6. The van der Waals surface area contributed by atoms with Gasteiger partial charge < -0.3 is 20.1 Å². The van der Waals surface area contributed by atoms with Crippen molar-refractivity contribution in [3.63, 3.8) is 0 Å². The summed E-state index contributed by atoms with van der Waals surface area (Å²) < 4.78 is 0. The molecular formula is C27H27N7. The third kappa shape index (κ3) is 3.84. The van der Waals surface area contributed by atoms with E-state index in [1.807, 2.05) is 36.8 Å². The average molecular weight is 450 g/mol. The lowest BCUT2D eigenvalue weighted by Gasteiger charge is -2.35. The van der Waals surface area contributed by atoms with Gasteiger partial charge in [0.25, 0.3) is 0 Å². The van der Waals surface area contributed by atoms with Gasteiger partial charge in [-0.3, -0.25) is 0 Å². The lowest BCUT2D eigenvalue weighted by molar-refractivity contribution is 0.312. The summed E-state index contributed by atoms with van der Waals surface area (Å²) >= 11 is 0. The van der Waals surface area contributed by atoms with Crippen molar-refractivity contribution in [2.45, 2.75) is 6.92 Å². The summed E-state index contributed by atoms with van der Waals surface area (Å²) in [6.07, 6.45) is 5.68. The first-order chi connectivity index (χ1) is 16.6. The Labute approximate surface area is 198 Å². The number of para-hydroxylation sites is 1. The van der Waals surface area contributed by atoms with Crippen LogP contribution in [0.15, 0.2) is 67.1 Å². The predicted molar refractivity (Wildman–Crippen MR) is 139 cm³/mol. The second-order valence-electron chi connectivity index (χ2n) is 8.99. The number of aromatic amines is 1. The Hall–Kier alpha value is -3.97. The number of anilines is 3. The van der Waals surface area contributed by atoms with E-state index in [9.17, 15) is 0 Å². The zero-order valence-corrected chi connectivity index (χ0v) is 19.4. The minimum atomic E-state index is 0.586. The number of hydrogen-bond donors (Lipinski definition) is 2. The van der Waals surface area contributed by atoms with E-state index in [1.165, 1.54) is 11.3 Å². The van der Waals surface area contributed by atoms with E-state index in [-0.39, 0.29) is 0 Å². The second-order valence-corrected chi connectivity index (χ2v) is 8.99. The van der Waals surface area contributed by atoms with Gasteiger partial charge in [0.05, 0.1) is 5.52 Å². The van der Waals surface area contributed by atoms with E-state index < -0.39 is 0 Å². The molecular weight excluding hydrogens is 422 g/mol. The zero-order valence-electron chi connectivity index (χ0n) is 19.4. The van der Waals surface area contributed by atoms with E-state index in [2.05, 4.69) is 74.4 Å². The van der Waals surface area contributed by atoms with Crippen molar-refractivity contribution >= 4 is 39.3 Å². The van der Waals surface area contributed by atoms with Crippen LogP contribution in [0.1, 0.15) is 5.56 Å². The summed E-state index contributed by atoms with van der Waals surface area (Å²) in [5.41, 5.74) is 7.41. The van der Waals surface area contributed by atoms with E-state index in [0.717, 1.165) is 64.9 Å². The normalized spacial score (nSPS) is 14.7. The van der Waals surface area contributed by atoms with Crippen LogP contribution in [-0.4, -0.2) is 58.1 Å². The van der Waals surface area contributed by atoms with Crippen LogP contribution >= 0.6 is 0 Å². The number of rotatable bonds is 4. The van der Waals surface area contributed by atoms with Gasteiger partial charge in [0.15, 0.2) is 0 Å². The van der Waals surface area contributed by atoms with Crippen molar-refractivity contribution < 1.29 is 0 Å². The van der Waals surface area contributed by atoms with Crippen LogP contribution in [0.25, 0.3) is 33.1 Å². The highest BCUT2D eigenvalue weighted by Gasteiger charge is 2.16. The molecule has 5 aromatic rings. The maximum absolute atomic E-state index is 4.89. The number of piperazine rings is 1. The van der Waals surface area contributed by atoms with Gasteiger partial charge in [-0.1, -0.05) is 18.2 Å². The Bertz CT molecular complexity index is 1480. The third-order valence-electron chi connectivity index (χ3n) is 6.62. The molecule has 0 saturated carbocycles. The molecule has 2 aromatic carbocycles. The molecule has 0 amide bonds. The Kier molecular flexibility index (Phi) is 5.11. The van der Waals surface area contributed by atoms with Crippen LogP contribution in [0, 0.1) is 6.92 Å². The predicted octanol–water partition coefficient (Wildman–Crippen LogP) is 4.98. The Morgan fingerprint density at radius 2 is 1.79 bits per heavy atom. The minimum Gasteiger partial charge on any atom is -0.369 e. The van der Waals surface area contributed by atoms with Crippen LogP contribution in [0.3, 0.4) is 0 Å². The van der Waals surface area contributed by atoms with Gasteiger partial charge in [-0.2, -0.15) is 0 Å². The number of aromatic nitrogens is 4. The fourth-order valence-electron chi connectivity index (χ4n) is 4.70. The first-order valence-electron chi connectivity index (χ1n) is 11.6. The molecule has 1 aliphatic rings. The summed E-state index contributed by atoms with van der Waals surface area (Å²) in [5.74, 6) is 0.586. The van der Waals surface area contributed by atoms with Gasteiger partial charge in [0.2, 0.25) is 5.95 Å². The van der Waals surface area contributed by atoms with Crippen LogP contribution in [-0.2, 0) is 0 Å². The minimum absolute atomic E-state index is 0.586. The molecule has 7 nitrogen and oxygen atoms in total. The molecule has 0 radical (unpaired) electrons. The number of benzene rings is 2. The number of pyridine rings is 1. The van der Waals surface area contributed by atoms with Gasteiger partial charge >= 0.3 is 0 Å². The highest BCUT2D eigenvalue weighted by Crippen LogP contribution is 2.30. The standard InChI is InChI=1S/C27H27N7/c1-18-14-22(6-7-24(18)34-12-10-33(2)11-13-34)31-27-30-16-20-4-3-5-23(25(20)32-27)21-15-19-8-9-28-26(19)29-17-21/h3-9,14-17H,10-13H2,1-2H3,(H,28,29)(H,30,31,32). The van der Waals surface area contributed by atoms with Crippen molar-refractivity contribution in [3.8, 4) is 11.1 Å². The molecule has 1 fully saturated rings. The largest absolute Gasteiger partial charge is 0.369 e. The van der Waals surface area contributed by atoms with Gasteiger partial charge in [0, 0.05) is 78.0 Å². The van der Waals surface area contributed by atoms with Crippen molar-refractivity contribution in [2.24, 2.45) is 0 Å². The molecule has 0 bridgehead atoms. The summed E-state index contributed by atoms with van der Waals surface area (Å²) in [4.78, 5) is 22.0. The lowest BCUT2D eigenvalue weighted by Crippen LogP contribution is -2.44. The molecule has 0 atom stereocenters. The average Bonchev–Trinajstić information content (AvgIpc) is 3.32. The number of H-pyrrole nitrogens is 1. The summed E-state index contributed by atoms with van der Waals surface area (Å²) in [6.45, 7) is 6.48. The van der Waals surface area contributed by atoms with Crippen LogP contribution < -0.4 is 10.2 Å². The Balaban J connectivity index is 1.30. The molecule has 34 heavy (non-hydrogen) atoms. The molecule has 6 rings (SSSR count). The third-order valence-corrected chi connectivity index (χ3v) is 6.62. The zero-order chi connectivity index (χ0) is 23.1. The van der Waals surface area contributed by atoms with Crippen molar-refractivity contribution in [1.82, 2.24) is 24.8 Å². The van der Waals surface area contributed by atoms with Crippen LogP contribution in [0.2, 0.25) is 0 Å². The highest BCUT2D eigenvalue weighted by molar-refractivity contribution is 5.95.